The first kappa shape index (κ1) is 12.8. The van der Waals surface area contributed by atoms with Crippen LogP contribution < -0.4 is 0 Å². The summed E-state index contributed by atoms with van der Waals surface area (Å²) in [6.45, 7) is 4.23. The molecule has 1 saturated carbocycles. The lowest BCUT2D eigenvalue weighted by Crippen LogP contribution is -2.46. The van der Waals surface area contributed by atoms with Crippen molar-refractivity contribution in [2.75, 3.05) is 6.54 Å². The molecule has 0 N–H and O–H groups in total. The van der Waals surface area contributed by atoms with Crippen LogP contribution in [0.5, 0.6) is 0 Å². The van der Waals surface area contributed by atoms with Gasteiger partial charge in [-0.3, -0.25) is 4.90 Å². The number of rotatable bonds is 6. The first-order valence-electron chi connectivity index (χ1n) is 5.83. The monoisotopic (exact) mass is 223 g/mol. The second-order valence-electron chi connectivity index (χ2n) is 4.29. The molecule has 1 rings (SSSR count). The summed E-state index contributed by atoms with van der Waals surface area (Å²) in [5, 5.41) is 0. The summed E-state index contributed by atoms with van der Waals surface area (Å²) in [6.07, 6.45) is -0.192. The van der Waals surface area contributed by atoms with E-state index < -0.39 is 12.2 Å². The van der Waals surface area contributed by atoms with Crippen molar-refractivity contribution in [3.63, 3.8) is 0 Å². The SMILES string of the molecule is CCCCN(C1CC1)[C@H](CC)C(F)(F)F. The molecule has 0 aliphatic heterocycles. The van der Waals surface area contributed by atoms with Gasteiger partial charge in [0.05, 0.1) is 0 Å². The maximum Gasteiger partial charge on any atom is 0.404 e. The van der Waals surface area contributed by atoms with Crippen molar-refractivity contribution in [1.82, 2.24) is 4.90 Å². The van der Waals surface area contributed by atoms with Gasteiger partial charge in [0, 0.05) is 6.04 Å². The third-order valence-corrected chi connectivity index (χ3v) is 2.95. The van der Waals surface area contributed by atoms with Gasteiger partial charge in [-0.2, -0.15) is 13.2 Å². The molecule has 0 saturated heterocycles. The van der Waals surface area contributed by atoms with Crippen molar-refractivity contribution < 1.29 is 13.2 Å². The first-order chi connectivity index (χ1) is 7.00. The molecule has 1 fully saturated rings. The average molecular weight is 223 g/mol. The minimum atomic E-state index is -4.06. The lowest BCUT2D eigenvalue weighted by atomic mass is 10.1. The predicted octanol–water partition coefficient (Wildman–Crippen LogP) is 3.59. The third kappa shape index (κ3) is 3.67. The van der Waals surface area contributed by atoms with Crippen molar-refractivity contribution in [3.05, 3.63) is 0 Å². The van der Waals surface area contributed by atoms with E-state index in [0.717, 1.165) is 25.7 Å². The molecule has 1 atom stereocenters. The van der Waals surface area contributed by atoms with Crippen LogP contribution in [-0.2, 0) is 0 Å². The number of alkyl halides is 3. The highest BCUT2D eigenvalue weighted by Gasteiger charge is 2.46. The van der Waals surface area contributed by atoms with Crippen LogP contribution >= 0.6 is 0 Å². The quantitative estimate of drug-likeness (QED) is 0.665. The Bertz CT molecular complexity index is 187. The van der Waals surface area contributed by atoms with Crippen LogP contribution in [0.1, 0.15) is 46.0 Å². The Hall–Kier alpha value is -0.250. The molecular formula is C11H20F3N. The fourth-order valence-electron chi connectivity index (χ4n) is 1.99. The van der Waals surface area contributed by atoms with Crippen LogP contribution in [0.4, 0.5) is 13.2 Å². The molecule has 0 aromatic carbocycles. The molecule has 90 valence electrons. The van der Waals surface area contributed by atoms with Gasteiger partial charge in [0.2, 0.25) is 0 Å². The smallest absolute Gasteiger partial charge is 0.289 e. The van der Waals surface area contributed by atoms with E-state index in [-0.39, 0.29) is 12.5 Å². The highest BCUT2D eigenvalue weighted by Crippen LogP contribution is 2.36. The van der Waals surface area contributed by atoms with Gasteiger partial charge >= 0.3 is 6.18 Å². The highest BCUT2D eigenvalue weighted by atomic mass is 19.4. The van der Waals surface area contributed by atoms with E-state index in [1.807, 2.05) is 6.92 Å². The van der Waals surface area contributed by atoms with Gasteiger partial charge in [-0.25, -0.2) is 0 Å². The fourth-order valence-corrected chi connectivity index (χ4v) is 1.99. The summed E-state index contributed by atoms with van der Waals surface area (Å²) < 4.78 is 38.2. The standard InChI is InChI=1S/C11H20F3N/c1-3-5-8-15(9-6-7-9)10(4-2)11(12,13)14/h9-10H,3-8H2,1-2H3/t10-/m1/s1. The van der Waals surface area contributed by atoms with Crippen molar-refractivity contribution in [1.29, 1.82) is 0 Å². The van der Waals surface area contributed by atoms with Gasteiger partial charge in [0.1, 0.15) is 6.04 Å². The Labute approximate surface area is 89.6 Å². The summed E-state index contributed by atoms with van der Waals surface area (Å²) >= 11 is 0. The molecule has 0 aromatic heterocycles. The minimum absolute atomic E-state index is 0.170. The molecule has 0 aromatic rings. The molecule has 0 spiro atoms. The zero-order chi connectivity index (χ0) is 11.5. The molecule has 1 aliphatic carbocycles. The zero-order valence-corrected chi connectivity index (χ0v) is 9.48. The second kappa shape index (κ2) is 5.19. The van der Waals surface area contributed by atoms with Crippen molar-refractivity contribution in [3.8, 4) is 0 Å². The van der Waals surface area contributed by atoms with E-state index in [1.54, 1.807) is 11.8 Å². The second-order valence-corrected chi connectivity index (χ2v) is 4.29. The van der Waals surface area contributed by atoms with Crippen LogP contribution in [-0.4, -0.2) is 29.7 Å². The third-order valence-electron chi connectivity index (χ3n) is 2.95. The maximum absolute atomic E-state index is 12.7. The van der Waals surface area contributed by atoms with Crippen molar-refractivity contribution >= 4 is 0 Å². The molecule has 1 aliphatic rings. The van der Waals surface area contributed by atoms with Gasteiger partial charge in [-0.1, -0.05) is 20.3 Å². The van der Waals surface area contributed by atoms with E-state index in [0.29, 0.717) is 6.54 Å². The van der Waals surface area contributed by atoms with Crippen LogP contribution in [0.15, 0.2) is 0 Å². The van der Waals surface area contributed by atoms with Crippen molar-refractivity contribution in [2.45, 2.75) is 64.2 Å². The van der Waals surface area contributed by atoms with Crippen LogP contribution in [0.2, 0.25) is 0 Å². The highest BCUT2D eigenvalue weighted by molar-refractivity contribution is 4.90. The summed E-state index contributed by atoms with van der Waals surface area (Å²) in [5.74, 6) is 0. The van der Waals surface area contributed by atoms with E-state index >= 15 is 0 Å². The largest absolute Gasteiger partial charge is 0.404 e. The van der Waals surface area contributed by atoms with Crippen molar-refractivity contribution in [2.24, 2.45) is 0 Å². The van der Waals surface area contributed by atoms with E-state index in [9.17, 15) is 13.2 Å². The summed E-state index contributed by atoms with van der Waals surface area (Å²) in [5.41, 5.74) is 0. The van der Waals surface area contributed by atoms with Crippen LogP contribution in [0.3, 0.4) is 0 Å². The normalized spacial score (nSPS) is 19.6. The minimum Gasteiger partial charge on any atom is -0.289 e. The number of nitrogens with zero attached hydrogens (tertiary/aromatic N) is 1. The molecule has 0 radical (unpaired) electrons. The number of hydrogen-bond donors (Lipinski definition) is 0. The Morgan fingerprint density at radius 3 is 2.20 bits per heavy atom. The molecule has 0 amide bonds. The molecule has 0 unspecified atom stereocenters. The molecule has 1 nitrogen and oxygen atoms in total. The lowest BCUT2D eigenvalue weighted by molar-refractivity contribution is -0.186. The molecule has 0 heterocycles. The van der Waals surface area contributed by atoms with Gasteiger partial charge in [0.25, 0.3) is 0 Å². The lowest BCUT2D eigenvalue weighted by Gasteiger charge is -2.32. The summed E-state index contributed by atoms with van der Waals surface area (Å²) in [7, 11) is 0. The Kier molecular flexibility index (Phi) is 4.44. The number of hydrogen-bond acceptors (Lipinski definition) is 1. The summed E-state index contributed by atoms with van der Waals surface area (Å²) in [6, 6.07) is -1.03. The Morgan fingerprint density at radius 1 is 1.27 bits per heavy atom. The molecule has 0 bridgehead atoms. The first-order valence-corrected chi connectivity index (χ1v) is 5.83. The van der Waals surface area contributed by atoms with E-state index in [4.69, 9.17) is 0 Å². The average Bonchev–Trinajstić information content (AvgIpc) is 2.93. The number of unbranched alkanes of at least 4 members (excludes halogenated alkanes) is 1. The van der Waals surface area contributed by atoms with E-state index in [2.05, 4.69) is 0 Å². The van der Waals surface area contributed by atoms with Crippen LogP contribution in [0.25, 0.3) is 0 Å². The van der Waals surface area contributed by atoms with Gasteiger partial charge in [0.15, 0.2) is 0 Å². The molecule has 4 heteroatoms. The topological polar surface area (TPSA) is 3.24 Å². The molecular weight excluding hydrogens is 203 g/mol. The van der Waals surface area contributed by atoms with Gasteiger partial charge in [-0.15, -0.1) is 0 Å². The number of halogens is 3. The Morgan fingerprint density at radius 2 is 1.87 bits per heavy atom. The van der Waals surface area contributed by atoms with E-state index in [1.165, 1.54) is 0 Å². The Balaban J connectivity index is 2.58. The van der Waals surface area contributed by atoms with Gasteiger partial charge in [-0.05, 0) is 32.2 Å². The maximum atomic E-state index is 12.7. The molecule has 15 heavy (non-hydrogen) atoms. The predicted molar refractivity (Wildman–Crippen MR) is 54.8 cm³/mol. The summed E-state index contributed by atoms with van der Waals surface area (Å²) in [4.78, 5) is 1.67. The van der Waals surface area contributed by atoms with Gasteiger partial charge < -0.3 is 0 Å². The fraction of sp³-hybridized carbons (Fsp3) is 1.00. The van der Waals surface area contributed by atoms with Crippen LogP contribution in [0, 0.1) is 0 Å². The zero-order valence-electron chi connectivity index (χ0n) is 9.48.